The fraction of sp³-hybridized carbons (Fsp3) is 0.636. The number of aryl methyl sites for hydroxylation is 1. The van der Waals surface area contributed by atoms with E-state index in [0.29, 0.717) is 0 Å². The lowest BCUT2D eigenvalue weighted by Crippen LogP contribution is -2.47. The summed E-state index contributed by atoms with van der Waals surface area (Å²) in [6.07, 6.45) is 5.65. The minimum Gasteiger partial charge on any atom is -0.368 e. The fourth-order valence-corrected chi connectivity index (χ4v) is 4.63. The quantitative estimate of drug-likeness (QED) is 0.787. The van der Waals surface area contributed by atoms with E-state index in [1.54, 1.807) is 0 Å². The molecule has 0 aromatic heterocycles. The molecule has 0 unspecified atom stereocenters. The Hall–Kier alpha value is -1.77. The first-order valence-electron chi connectivity index (χ1n) is 10.4. The molecule has 1 N–H and O–H groups in total. The average molecular weight is 403 g/mol. The van der Waals surface area contributed by atoms with Crippen molar-refractivity contribution < 1.29 is 4.79 Å². The lowest BCUT2D eigenvalue weighted by Gasteiger charge is -2.37. The summed E-state index contributed by atoms with van der Waals surface area (Å²) in [7, 11) is 0. The number of carbonyl (C=O) groups excluding carboxylic acids is 1. The van der Waals surface area contributed by atoms with E-state index in [9.17, 15) is 4.79 Å². The van der Waals surface area contributed by atoms with Gasteiger partial charge in [-0.2, -0.15) is 5.26 Å². The lowest BCUT2D eigenvalue weighted by atomic mass is 9.84. The van der Waals surface area contributed by atoms with Crippen molar-refractivity contribution in [1.29, 1.82) is 5.26 Å². The summed E-state index contributed by atoms with van der Waals surface area (Å²) in [5.74, 6) is 0.630. The third-order valence-corrected chi connectivity index (χ3v) is 6.44. The summed E-state index contributed by atoms with van der Waals surface area (Å²) < 4.78 is 0. The van der Waals surface area contributed by atoms with Crippen LogP contribution in [0.15, 0.2) is 18.2 Å². The van der Waals surface area contributed by atoms with Crippen LogP contribution < -0.4 is 10.2 Å². The number of anilines is 1. The molecule has 0 bridgehead atoms. The van der Waals surface area contributed by atoms with Gasteiger partial charge in [0.25, 0.3) is 0 Å². The second-order valence-electron chi connectivity index (χ2n) is 8.19. The van der Waals surface area contributed by atoms with Gasteiger partial charge in [-0.05, 0) is 69.2 Å². The molecule has 1 heterocycles. The molecular weight excluding hydrogens is 372 g/mol. The molecule has 6 heteroatoms. The zero-order valence-electron chi connectivity index (χ0n) is 16.8. The van der Waals surface area contributed by atoms with Crippen LogP contribution in [0.4, 0.5) is 5.69 Å². The van der Waals surface area contributed by atoms with Gasteiger partial charge in [0.05, 0.1) is 16.8 Å². The number of nitrogens with one attached hydrogen (secondary N) is 1. The number of piperazine rings is 1. The smallest absolute Gasteiger partial charge is 0.234 e. The summed E-state index contributed by atoms with van der Waals surface area (Å²) >= 11 is 6.39. The second kappa shape index (κ2) is 10.1. The maximum atomic E-state index is 11.5. The van der Waals surface area contributed by atoms with Crippen LogP contribution >= 0.6 is 11.6 Å². The summed E-state index contributed by atoms with van der Waals surface area (Å²) in [4.78, 5) is 16.5. The highest BCUT2D eigenvalue weighted by molar-refractivity contribution is 6.33. The highest BCUT2D eigenvalue weighted by atomic mass is 35.5. The van der Waals surface area contributed by atoms with Gasteiger partial charge in [-0.3, -0.25) is 9.69 Å². The molecule has 1 saturated carbocycles. The van der Waals surface area contributed by atoms with Crippen LogP contribution in [0.3, 0.4) is 0 Å². The Morgan fingerprint density at radius 2 is 1.93 bits per heavy atom. The Morgan fingerprint density at radius 1 is 1.21 bits per heavy atom. The van der Waals surface area contributed by atoms with Gasteiger partial charge in [0.2, 0.25) is 5.91 Å². The van der Waals surface area contributed by atoms with Crippen LogP contribution in [0.5, 0.6) is 0 Å². The molecule has 2 fully saturated rings. The Morgan fingerprint density at radius 3 is 2.61 bits per heavy atom. The molecule has 1 aliphatic heterocycles. The normalized spacial score (nSPS) is 23.2. The van der Waals surface area contributed by atoms with Crippen molar-refractivity contribution in [3.05, 3.63) is 28.8 Å². The number of carbonyl (C=O) groups is 1. The Bertz CT molecular complexity index is 701. The van der Waals surface area contributed by atoms with E-state index in [-0.39, 0.29) is 18.4 Å². The van der Waals surface area contributed by atoms with Gasteiger partial charge >= 0.3 is 0 Å². The number of nitriles is 1. The highest BCUT2D eigenvalue weighted by Gasteiger charge is 2.24. The molecule has 1 aliphatic carbocycles. The number of halogens is 1. The number of rotatable bonds is 6. The minimum absolute atomic E-state index is 0.0281. The van der Waals surface area contributed by atoms with Crippen molar-refractivity contribution in [2.24, 2.45) is 5.92 Å². The summed E-state index contributed by atoms with van der Waals surface area (Å²) in [5.41, 5.74) is 2.42. The molecule has 5 nitrogen and oxygen atoms in total. The maximum Gasteiger partial charge on any atom is 0.234 e. The SMILES string of the molecule is Cc1ccc(Cl)c(N2CCN(CCC3CCC(NC(=O)CC#N)CC3)CC2)c1. The number of hydrogen-bond donors (Lipinski definition) is 1. The monoisotopic (exact) mass is 402 g/mol. The molecule has 1 saturated heterocycles. The summed E-state index contributed by atoms with van der Waals surface area (Å²) in [6.45, 7) is 7.50. The topological polar surface area (TPSA) is 59.4 Å². The molecule has 1 aromatic rings. The molecule has 3 rings (SSSR count). The second-order valence-corrected chi connectivity index (χ2v) is 8.60. The first-order valence-corrected chi connectivity index (χ1v) is 10.8. The molecule has 1 amide bonds. The Kier molecular flexibility index (Phi) is 7.58. The number of amides is 1. The third kappa shape index (κ3) is 5.86. The van der Waals surface area contributed by atoms with E-state index in [2.05, 4.69) is 34.2 Å². The van der Waals surface area contributed by atoms with E-state index in [4.69, 9.17) is 16.9 Å². The molecule has 28 heavy (non-hydrogen) atoms. The highest BCUT2D eigenvalue weighted by Crippen LogP contribution is 2.29. The Labute approximate surface area is 173 Å². The van der Waals surface area contributed by atoms with E-state index < -0.39 is 0 Å². The minimum atomic E-state index is -0.127. The van der Waals surface area contributed by atoms with Crippen LogP contribution in [-0.4, -0.2) is 49.6 Å². The van der Waals surface area contributed by atoms with Crippen LogP contribution in [0.1, 0.15) is 44.1 Å². The van der Waals surface area contributed by atoms with E-state index in [0.717, 1.165) is 62.2 Å². The van der Waals surface area contributed by atoms with Crippen LogP contribution in [0.2, 0.25) is 5.02 Å². The number of benzene rings is 1. The lowest BCUT2D eigenvalue weighted by molar-refractivity contribution is -0.121. The van der Waals surface area contributed by atoms with Gasteiger partial charge in [0.15, 0.2) is 0 Å². The van der Waals surface area contributed by atoms with E-state index in [1.165, 1.54) is 24.8 Å². The summed E-state index contributed by atoms with van der Waals surface area (Å²) in [5, 5.41) is 12.4. The van der Waals surface area contributed by atoms with Crippen molar-refractivity contribution in [1.82, 2.24) is 10.2 Å². The predicted molar refractivity (Wildman–Crippen MR) is 114 cm³/mol. The van der Waals surface area contributed by atoms with Gasteiger partial charge in [-0.25, -0.2) is 0 Å². The predicted octanol–water partition coefficient (Wildman–Crippen LogP) is 3.75. The molecule has 2 aliphatic rings. The van der Waals surface area contributed by atoms with Crippen LogP contribution in [0, 0.1) is 24.2 Å². The van der Waals surface area contributed by atoms with Crippen molar-refractivity contribution >= 4 is 23.2 Å². The molecule has 0 spiro atoms. The van der Waals surface area contributed by atoms with Gasteiger partial charge in [-0.1, -0.05) is 17.7 Å². The van der Waals surface area contributed by atoms with Gasteiger partial charge in [0.1, 0.15) is 6.42 Å². The van der Waals surface area contributed by atoms with Crippen molar-refractivity contribution in [3.8, 4) is 6.07 Å². The van der Waals surface area contributed by atoms with Crippen molar-refractivity contribution in [2.45, 2.75) is 51.5 Å². The standard InChI is InChI=1S/C22H31ClN4O/c1-17-2-7-20(23)21(16-17)27-14-12-26(13-15-27)11-9-18-3-5-19(6-4-18)25-22(28)8-10-24/h2,7,16,18-19H,3-6,8-9,11-15H2,1H3,(H,25,28). The number of hydrogen-bond acceptors (Lipinski definition) is 4. The first-order chi connectivity index (χ1) is 13.5. The third-order valence-electron chi connectivity index (χ3n) is 6.12. The van der Waals surface area contributed by atoms with E-state index in [1.807, 2.05) is 12.1 Å². The fourth-order valence-electron chi connectivity index (χ4n) is 4.39. The van der Waals surface area contributed by atoms with Crippen molar-refractivity contribution in [3.63, 3.8) is 0 Å². The van der Waals surface area contributed by atoms with Gasteiger partial charge < -0.3 is 10.2 Å². The summed E-state index contributed by atoms with van der Waals surface area (Å²) in [6, 6.07) is 8.42. The largest absolute Gasteiger partial charge is 0.368 e. The zero-order chi connectivity index (χ0) is 19.9. The number of nitrogens with zero attached hydrogens (tertiary/aromatic N) is 3. The van der Waals surface area contributed by atoms with E-state index >= 15 is 0 Å². The zero-order valence-corrected chi connectivity index (χ0v) is 17.5. The van der Waals surface area contributed by atoms with Gasteiger partial charge in [0, 0.05) is 32.2 Å². The molecule has 1 aromatic carbocycles. The molecule has 0 atom stereocenters. The first kappa shape index (κ1) is 21.0. The van der Waals surface area contributed by atoms with Crippen molar-refractivity contribution in [2.75, 3.05) is 37.6 Å². The van der Waals surface area contributed by atoms with Crippen LogP contribution in [-0.2, 0) is 4.79 Å². The average Bonchev–Trinajstić information content (AvgIpc) is 2.70. The molecular formula is C22H31ClN4O. The van der Waals surface area contributed by atoms with Crippen LogP contribution in [0.25, 0.3) is 0 Å². The van der Waals surface area contributed by atoms with Gasteiger partial charge in [-0.15, -0.1) is 0 Å². The maximum absolute atomic E-state index is 11.5. The Balaban J connectivity index is 1.36. The molecule has 0 radical (unpaired) electrons. The molecule has 152 valence electrons.